The minimum Gasteiger partial charge on any atom is -0.383 e. The third kappa shape index (κ3) is 4.14. The number of benzene rings is 2. The van der Waals surface area contributed by atoms with E-state index in [1.807, 2.05) is 36.4 Å². The Kier molecular flexibility index (Phi) is 5.21. The van der Waals surface area contributed by atoms with Gasteiger partial charge in [-0.1, -0.05) is 30.3 Å². The van der Waals surface area contributed by atoms with Crippen molar-refractivity contribution in [3.05, 3.63) is 65.0 Å². The van der Waals surface area contributed by atoms with Crippen molar-refractivity contribution in [3.8, 4) is 6.07 Å². The highest BCUT2D eigenvalue weighted by molar-refractivity contribution is 7.19. The van der Waals surface area contributed by atoms with E-state index < -0.39 is 17.4 Å². The molecule has 0 aliphatic heterocycles. The maximum atomic E-state index is 12.1. The summed E-state index contributed by atoms with van der Waals surface area (Å²) in [5.74, 6) is -1.78. The van der Waals surface area contributed by atoms with Crippen molar-refractivity contribution in [3.63, 3.8) is 0 Å². The van der Waals surface area contributed by atoms with Gasteiger partial charge in [0.2, 0.25) is 0 Å². The third-order valence-electron chi connectivity index (χ3n) is 4.05. The maximum absolute atomic E-state index is 12.1. The van der Waals surface area contributed by atoms with Crippen LogP contribution in [0.15, 0.2) is 54.6 Å². The number of thiophene rings is 1. The average Bonchev–Trinajstić information content (AvgIpc) is 3.12. The van der Waals surface area contributed by atoms with Gasteiger partial charge >= 0.3 is 11.8 Å². The summed E-state index contributed by atoms with van der Waals surface area (Å²) in [4.78, 5) is 24.8. The van der Waals surface area contributed by atoms with Crippen LogP contribution in [0.4, 0.5) is 5.69 Å². The minimum absolute atomic E-state index is 0.119. The molecular formula is C20H17N3O3S. The number of nitrogens with zero attached hydrogens (tertiary/aromatic N) is 1. The number of hydrogen-bond donors (Lipinski definition) is 3. The molecule has 3 N–H and O–H groups in total. The molecule has 0 fully saturated rings. The largest absolute Gasteiger partial charge is 0.383 e. The first-order valence-electron chi connectivity index (χ1n) is 8.20. The molecule has 2 amide bonds. The number of carbonyl (C=O) groups is 2. The van der Waals surface area contributed by atoms with Crippen molar-refractivity contribution < 1.29 is 14.7 Å². The van der Waals surface area contributed by atoms with Gasteiger partial charge < -0.3 is 15.7 Å². The van der Waals surface area contributed by atoms with Gasteiger partial charge in [-0.2, -0.15) is 5.26 Å². The van der Waals surface area contributed by atoms with E-state index in [2.05, 4.69) is 10.6 Å². The zero-order valence-corrected chi connectivity index (χ0v) is 15.3. The van der Waals surface area contributed by atoms with Crippen molar-refractivity contribution in [2.45, 2.75) is 12.5 Å². The highest BCUT2D eigenvalue weighted by atomic mass is 32.1. The molecular weight excluding hydrogens is 362 g/mol. The first-order chi connectivity index (χ1) is 12.9. The number of nitriles is 1. The number of aliphatic hydroxyl groups is 1. The molecule has 3 aromatic rings. The summed E-state index contributed by atoms with van der Waals surface area (Å²) in [6.07, 6.45) is 0. The van der Waals surface area contributed by atoms with Crippen molar-refractivity contribution >= 4 is 38.9 Å². The van der Waals surface area contributed by atoms with Gasteiger partial charge in [-0.25, -0.2) is 0 Å². The van der Waals surface area contributed by atoms with Gasteiger partial charge in [0.25, 0.3) is 0 Å². The Balaban J connectivity index is 1.65. The molecule has 0 spiro atoms. The monoisotopic (exact) mass is 379 g/mol. The lowest BCUT2D eigenvalue weighted by molar-refractivity contribution is -0.136. The van der Waals surface area contributed by atoms with Gasteiger partial charge in [-0.15, -0.1) is 11.3 Å². The Morgan fingerprint density at radius 1 is 1.15 bits per heavy atom. The van der Waals surface area contributed by atoms with Crippen LogP contribution in [0.5, 0.6) is 0 Å². The number of amides is 2. The van der Waals surface area contributed by atoms with Crippen LogP contribution >= 0.6 is 11.3 Å². The zero-order chi connectivity index (χ0) is 19.4. The van der Waals surface area contributed by atoms with Gasteiger partial charge in [0, 0.05) is 9.58 Å². The molecule has 0 saturated carbocycles. The van der Waals surface area contributed by atoms with Crippen LogP contribution in [-0.2, 0) is 15.2 Å². The molecule has 7 heteroatoms. The molecule has 2 aromatic carbocycles. The predicted octanol–water partition coefficient (Wildman–Crippen LogP) is 2.74. The summed E-state index contributed by atoms with van der Waals surface area (Å²) in [6, 6.07) is 18.0. The number of hydrogen-bond acceptors (Lipinski definition) is 5. The van der Waals surface area contributed by atoms with E-state index in [0.29, 0.717) is 4.88 Å². The average molecular weight is 379 g/mol. The Morgan fingerprint density at radius 3 is 2.59 bits per heavy atom. The summed E-state index contributed by atoms with van der Waals surface area (Å²) in [6.45, 7) is 1.47. The molecule has 136 valence electrons. The second-order valence-electron chi connectivity index (χ2n) is 6.22. The summed E-state index contributed by atoms with van der Waals surface area (Å²) < 4.78 is 1.03. The van der Waals surface area contributed by atoms with Crippen LogP contribution in [0.25, 0.3) is 10.1 Å². The maximum Gasteiger partial charge on any atom is 0.313 e. The van der Waals surface area contributed by atoms with Crippen LogP contribution < -0.4 is 10.6 Å². The molecule has 0 unspecified atom stereocenters. The molecule has 27 heavy (non-hydrogen) atoms. The van der Waals surface area contributed by atoms with Crippen molar-refractivity contribution in [2.24, 2.45) is 0 Å². The van der Waals surface area contributed by atoms with E-state index in [1.54, 1.807) is 25.1 Å². The van der Waals surface area contributed by atoms with Crippen molar-refractivity contribution in [2.75, 3.05) is 11.9 Å². The highest BCUT2D eigenvalue weighted by Gasteiger charge is 2.27. The van der Waals surface area contributed by atoms with Gasteiger partial charge in [-0.3, -0.25) is 9.59 Å². The van der Waals surface area contributed by atoms with Crippen molar-refractivity contribution in [1.29, 1.82) is 5.26 Å². The Hall–Kier alpha value is -3.21. The quantitative estimate of drug-likeness (QED) is 0.607. The van der Waals surface area contributed by atoms with Gasteiger partial charge in [0.1, 0.15) is 11.7 Å². The Labute approximate surface area is 160 Å². The molecule has 1 aromatic heterocycles. The number of rotatable bonds is 4. The van der Waals surface area contributed by atoms with Crippen LogP contribution in [0.2, 0.25) is 0 Å². The van der Waals surface area contributed by atoms with Gasteiger partial charge in [-0.05, 0) is 36.6 Å². The molecule has 3 rings (SSSR count). The fourth-order valence-electron chi connectivity index (χ4n) is 2.54. The number of nitrogens with one attached hydrogen (secondary N) is 2. The van der Waals surface area contributed by atoms with Crippen LogP contribution in [0.1, 0.15) is 17.4 Å². The fourth-order valence-corrected chi connectivity index (χ4v) is 3.64. The SMILES string of the molecule is C[C@@](O)(CNC(=O)C(=O)Nc1ccccc1C#N)c1cc2ccccc2s1. The van der Waals surface area contributed by atoms with E-state index in [-0.39, 0.29) is 17.8 Å². The predicted molar refractivity (Wildman–Crippen MR) is 104 cm³/mol. The van der Waals surface area contributed by atoms with Gasteiger partial charge in [0.05, 0.1) is 17.8 Å². The standard InChI is InChI=1S/C20H17N3O3S/c1-20(26,17-10-13-6-3-5-9-16(13)27-17)12-22-18(24)19(25)23-15-8-4-2-7-14(15)11-21/h2-10,26H,12H2,1H3,(H,22,24)(H,23,25)/t20-/m1/s1. The highest BCUT2D eigenvalue weighted by Crippen LogP contribution is 2.32. The van der Waals surface area contributed by atoms with E-state index in [1.165, 1.54) is 17.4 Å². The second kappa shape index (κ2) is 7.58. The Morgan fingerprint density at radius 2 is 1.85 bits per heavy atom. The number of carbonyl (C=O) groups excluding carboxylic acids is 2. The minimum atomic E-state index is -1.32. The number of anilines is 1. The summed E-state index contributed by atoms with van der Waals surface area (Å²) in [5, 5.41) is 25.6. The molecule has 0 aliphatic rings. The summed E-state index contributed by atoms with van der Waals surface area (Å²) in [5.41, 5.74) is -0.795. The molecule has 0 aliphatic carbocycles. The summed E-state index contributed by atoms with van der Waals surface area (Å²) in [7, 11) is 0. The van der Waals surface area contributed by atoms with Crippen molar-refractivity contribution in [1.82, 2.24) is 5.32 Å². The van der Waals surface area contributed by atoms with E-state index >= 15 is 0 Å². The van der Waals surface area contributed by atoms with E-state index in [9.17, 15) is 14.7 Å². The fraction of sp³-hybridized carbons (Fsp3) is 0.150. The summed E-state index contributed by atoms with van der Waals surface area (Å²) >= 11 is 1.43. The van der Waals surface area contributed by atoms with Gasteiger partial charge in [0.15, 0.2) is 0 Å². The van der Waals surface area contributed by atoms with E-state index in [4.69, 9.17) is 5.26 Å². The smallest absolute Gasteiger partial charge is 0.313 e. The number of fused-ring (bicyclic) bond motifs is 1. The lowest BCUT2D eigenvalue weighted by Crippen LogP contribution is -2.43. The Bertz CT molecular complexity index is 1020. The molecule has 0 bridgehead atoms. The first-order valence-corrected chi connectivity index (χ1v) is 9.02. The molecule has 0 radical (unpaired) electrons. The molecule has 0 saturated heterocycles. The zero-order valence-electron chi connectivity index (χ0n) is 14.5. The lowest BCUT2D eigenvalue weighted by Gasteiger charge is -2.22. The lowest BCUT2D eigenvalue weighted by atomic mass is 10.0. The van der Waals surface area contributed by atoms with E-state index in [0.717, 1.165) is 10.1 Å². The molecule has 1 atom stereocenters. The van der Waals surface area contributed by atoms with Crippen LogP contribution in [0.3, 0.4) is 0 Å². The molecule has 1 heterocycles. The number of para-hydroxylation sites is 1. The van der Waals surface area contributed by atoms with Crippen LogP contribution in [-0.4, -0.2) is 23.5 Å². The molecule has 6 nitrogen and oxygen atoms in total. The van der Waals surface area contributed by atoms with Crippen LogP contribution in [0, 0.1) is 11.3 Å². The normalized spacial score (nSPS) is 12.8. The second-order valence-corrected chi connectivity index (χ2v) is 7.30. The first kappa shape index (κ1) is 18.6. The third-order valence-corrected chi connectivity index (χ3v) is 5.42. The topological polar surface area (TPSA) is 102 Å².